The van der Waals surface area contributed by atoms with E-state index < -0.39 is 0 Å². The standard InChI is InChI=1S/C49H31N3O/c1-3-13-35(14-4-1)49-50-43-28-25-34-23-22-33-24-26-37(30-41(33)47(34)48(43)53-49)51(44-21-11-15-32-12-7-8-18-39(32)44)38-27-29-46-42(31-38)40-19-9-10-20-45(40)52(46)36-16-5-2-6-17-36/h1-31H. The van der Waals surface area contributed by atoms with Crippen LogP contribution in [0.4, 0.5) is 17.1 Å². The fourth-order valence-electron chi connectivity index (χ4n) is 8.14. The highest BCUT2D eigenvalue weighted by Crippen LogP contribution is 2.44. The summed E-state index contributed by atoms with van der Waals surface area (Å²) in [4.78, 5) is 7.33. The lowest BCUT2D eigenvalue weighted by molar-refractivity contribution is 0.623. The van der Waals surface area contributed by atoms with Gasteiger partial charge in [-0.15, -0.1) is 0 Å². The van der Waals surface area contributed by atoms with E-state index in [1.165, 1.54) is 32.6 Å². The predicted molar refractivity (Wildman–Crippen MR) is 221 cm³/mol. The summed E-state index contributed by atoms with van der Waals surface area (Å²) in [6.07, 6.45) is 0. The highest BCUT2D eigenvalue weighted by Gasteiger charge is 2.20. The molecule has 9 aromatic carbocycles. The maximum atomic E-state index is 6.60. The van der Waals surface area contributed by atoms with Crippen molar-refractivity contribution >= 4 is 82.3 Å². The summed E-state index contributed by atoms with van der Waals surface area (Å²) < 4.78 is 8.97. The second-order valence-electron chi connectivity index (χ2n) is 13.6. The van der Waals surface area contributed by atoms with Crippen molar-refractivity contribution in [3.63, 3.8) is 0 Å². The molecule has 0 saturated carbocycles. The van der Waals surface area contributed by atoms with Crippen LogP contribution in [0.25, 0.3) is 82.4 Å². The number of benzene rings is 9. The van der Waals surface area contributed by atoms with Crippen LogP contribution in [0, 0.1) is 0 Å². The first-order valence-electron chi connectivity index (χ1n) is 18.0. The summed E-state index contributed by atoms with van der Waals surface area (Å²) in [5.74, 6) is 0.626. The van der Waals surface area contributed by atoms with Gasteiger partial charge in [-0.2, -0.15) is 0 Å². The molecule has 11 aromatic rings. The number of hydrogen-bond acceptors (Lipinski definition) is 3. The summed E-state index contributed by atoms with van der Waals surface area (Å²) in [7, 11) is 0. The molecule has 0 aliphatic carbocycles. The van der Waals surface area contributed by atoms with Gasteiger partial charge in [0.2, 0.25) is 5.89 Å². The molecule has 0 radical (unpaired) electrons. The van der Waals surface area contributed by atoms with E-state index in [9.17, 15) is 0 Å². The molecule has 0 aliphatic rings. The Hall–Kier alpha value is -7.17. The molecule has 2 aromatic heterocycles. The van der Waals surface area contributed by atoms with E-state index in [1.54, 1.807) is 0 Å². The van der Waals surface area contributed by atoms with Gasteiger partial charge in [-0.3, -0.25) is 0 Å². The Morgan fingerprint density at radius 1 is 0.453 bits per heavy atom. The summed E-state index contributed by atoms with van der Waals surface area (Å²) in [5.41, 5.74) is 9.38. The highest BCUT2D eigenvalue weighted by molar-refractivity contribution is 6.19. The zero-order chi connectivity index (χ0) is 34.9. The monoisotopic (exact) mass is 677 g/mol. The van der Waals surface area contributed by atoms with Crippen molar-refractivity contribution in [3.8, 4) is 17.1 Å². The van der Waals surface area contributed by atoms with Crippen molar-refractivity contribution in [2.45, 2.75) is 0 Å². The van der Waals surface area contributed by atoms with Crippen LogP contribution in [0.2, 0.25) is 0 Å². The Kier molecular flexibility index (Phi) is 6.52. The Morgan fingerprint density at radius 3 is 1.94 bits per heavy atom. The minimum Gasteiger partial charge on any atom is -0.435 e. The molecular formula is C49H31N3O. The number of hydrogen-bond donors (Lipinski definition) is 0. The van der Waals surface area contributed by atoms with Gasteiger partial charge in [-0.25, -0.2) is 4.98 Å². The Labute approximate surface area is 305 Å². The summed E-state index contributed by atoms with van der Waals surface area (Å²) in [5, 5.41) is 9.25. The van der Waals surface area contributed by atoms with Crippen LogP contribution in [0.15, 0.2) is 192 Å². The molecule has 0 spiro atoms. The van der Waals surface area contributed by atoms with Crippen molar-refractivity contribution < 1.29 is 4.42 Å². The quantitative estimate of drug-likeness (QED) is 0.170. The van der Waals surface area contributed by atoms with Gasteiger partial charge in [-0.1, -0.05) is 115 Å². The van der Waals surface area contributed by atoms with Gasteiger partial charge in [0, 0.05) is 44.2 Å². The number of anilines is 3. The lowest BCUT2D eigenvalue weighted by atomic mass is 9.99. The molecule has 53 heavy (non-hydrogen) atoms. The molecule has 0 N–H and O–H groups in total. The first-order chi connectivity index (χ1) is 26.3. The maximum Gasteiger partial charge on any atom is 0.227 e. The zero-order valence-electron chi connectivity index (χ0n) is 28.6. The summed E-state index contributed by atoms with van der Waals surface area (Å²) in [6.45, 7) is 0. The lowest BCUT2D eigenvalue weighted by Crippen LogP contribution is -2.10. The number of para-hydroxylation sites is 2. The van der Waals surface area contributed by atoms with Crippen molar-refractivity contribution in [3.05, 3.63) is 188 Å². The van der Waals surface area contributed by atoms with Gasteiger partial charge in [0.15, 0.2) is 5.58 Å². The molecule has 0 bridgehead atoms. The van der Waals surface area contributed by atoms with Crippen LogP contribution in [-0.4, -0.2) is 9.55 Å². The first-order valence-corrected chi connectivity index (χ1v) is 18.0. The Morgan fingerprint density at radius 2 is 1.08 bits per heavy atom. The molecule has 0 atom stereocenters. The SMILES string of the molecule is c1ccc(-c2nc3ccc4ccc5ccc(N(c6ccc7c(c6)c6ccccc6n7-c6ccccc6)c6cccc7ccccc67)cc5c4c3o2)cc1. The number of oxazole rings is 1. The van der Waals surface area contributed by atoms with Crippen molar-refractivity contribution in [2.75, 3.05) is 4.90 Å². The molecule has 0 aliphatic heterocycles. The number of fused-ring (bicyclic) bond motifs is 9. The van der Waals surface area contributed by atoms with E-state index >= 15 is 0 Å². The highest BCUT2D eigenvalue weighted by atomic mass is 16.3. The van der Waals surface area contributed by atoms with Crippen LogP contribution < -0.4 is 4.90 Å². The molecule has 0 unspecified atom stereocenters. The molecule has 2 heterocycles. The summed E-state index contributed by atoms with van der Waals surface area (Å²) >= 11 is 0. The topological polar surface area (TPSA) is 34.2 Å². The minimum absolute atomic E-state index is 0.626. The molecule has 4 nitrogen and oxygen atoms in total. The van der Waals surface area contributed by atoms with Gasteiger partial charge in [0.05, 0.1) is 16.7 Å². The molecule has 0 fully saturated rings. The maximum absolute atomic E-state index is 6.60. The van der Waals surface area contributed by atoms with Gasteiger partial charge < -0.3 is 13.9 Å². The molecule has 4 heteroatoms. The van der Waals surface area contributed by atoms with E-state index in [-0.39, 0.29) is 0 Å². The fraction of sp³-hybridized carbons (Fsp3) is 0. The Balaban J connectivity index is 1.18. The summed E-state index contributed by atoms with van der Waals surface area (Å²) in [6, 6.07) is 66.9. The largest absolute Gasteiger partial charge is 0.435 e. The van der Waals surface area contributed by atoms with Gasteiger partial charge in [-0.05, 0) is 94.3 Å². The van der Waals surface area contributed by atoms with E-state index in [1.807, 2.05) is 30.3 Å². The predicted octanol–water partition coefficient (Wildman–Crippen LogP) is 13.5. The van der Waals surface area contributed by atoms with Crippen molar-refractivity contribution in [1.29, 1.82) is 0 Å². The van der Waals surface area contributed by atoms with Crippen LogP contribution in [0.3, 0.4) is 0 Å². The minimum atomic E-state index is 0.626. The second kappa shape index (κ2) is 11.7. The van der Waals surface area contributed by atoms with Crippen molar-refractivity contribution in [1.82, 2.24) is 9.55 Å². The van der Waals surface area contributed by atoms with Crippen molar-refractivity contribution in [2.24, 2.45) is 0 Å². The fourth-order valence-corrected chi connectivity index (χ4v) is 8.14. The number of rotatable bonds is 5. The molecule has 248 valence electrons. The average molecular weight is 678 g/mol. The molecular weight excluding hydrogens is 647 g/mol. The first kappa shape index (κ1) is 29.5. The lowest BCUT2D eigenvalue weighted by Gasteiger charge is -2.27. The van der Waals surface area contributed by atoms with Crippen LogP contribution >= 0.6 is 0 Å². The van der Waals surface area contributed by atoms with Gasteiger partial charge in [0.25, 0.3) is 0 Å². The normalized spacial score (nSPS) is 11.8. The molecule has 0 amide bonds. The third-order valence-electron chi connectivity index (χ3n) is 10.6. The second-order valence-corrected chi connectivity index (χ2v) is 13.6. The van der Waals surface area contributed by atoms with E-state index in [0.29, 0.717) is 5.89 Å². The smallest absolute Gasteiger partial charge is 0.227 e. The number of aromatic nitrogens is 2. The van der Waals surface area contributed by atoms with E-state index in [4.69, 9.17) is 9.40 Å². The van der Waals surface area contributed by atoms with E-state index in [0.717, 1.165) is 61.0 Å². The molecule has 0 saturated heterocycles. The van der Waals surface area contributed by atoms with Crippen LogP contribution in [0.5, 0.6) is 0 Å². The average Bonchev–Trinajstić information content (AvgIpc) is 3.81. The number of nitrogens with zero attached hydrogens (tertiary/aromatic N) is 3. The van der Waals surface area contributed by atoms with Crippen LogP contribution in [-0.2, 0) is 0 Å². The van der Waals surface area contributed by atoms with E-state index in [2.05, 4.69) is 167 Å². The third kappa shape index (κ3) is 4.66. The third-order valence-corrected chi connectivity index (χ3v) is 10.6. The molecule has 11 rings (SSSR count). The Bertz CT molecular complexity index is 3170. The van der Waals surface area contributed by atoms with Gasteiger partial charge in [0.1, 0.15) is 5.52 Å². The van der Waals surface area contributed by atoms with Crippen LogP contribution in [0.1, 0.15) is 0 Å². The zero-order valence-corrected chi connectivity index (χ0v) is 28.6. The van der Waals surface area contributed by atoms with Gasteiger partial charge >= 0.3 is 0 Å².